The van der Waals surface area contributed by atoms with E-state index in [1.165, 1.54) is 11.7 Å². The van der Waals surface area contributed by atoms with Gasteiger partial charge in [-0.1, -0.05) is 30.3 Å². The lowest BCUT2D eigenvalue weighted by Crippen LogP contribution is -2.19. The zero-order valence-corrected chi connectivity index (χ0v) is 14.2. The van der Waals surface area contributed by atoms with Gasteiger partial charge in [0.1, 0.15) is 11.3 Å². The molecule has 0 unspecified atom stereocenters. The molecule has 1 amide bonds. The second-order valence-corrected chi connectivity index (χ2v) is 5.81. The van der Waals surface area contributed by atoms with E-state index in [4.69, 9.17) is 0 Å². The van der Waals surface area contributed by atoms with Crippen molar-refractivity contribution in [3.63, 3.8) is 0 Å². The van der Waals surface area contributed by atoms with Crippen molar-refractivity contribution in [3.05, 3.63) is 66.1 Å². The van der Waals surface area contributed by atoms with E-state index >= 15 is 0 Å². The minimum Gasteiger partial charge on any atom is -0.478 e. The van der Waals surface area contributed by atoms with Crippen molar-refractivity contribution >= 4 is 23.2 Å². The number of fused-ring (bicyclic) bond motifs is 1. The molecule has 0 aliphatic heterocycles. The van der Waals surface area contributed by atoms with Gasteiger partial charge in [0.05, 0.1) is 6.20 Å². The average Bonchev–Trinajstić information content (AvgIpc) is 3.25. The van der Waals surface area contributed by atoms with Gasteiger partial charge in [0.2, 0.25) is 0 Å². The van der Waals surface area contributed by atoms with E-state index in [1.54, 1.807) is 22.8 Å². The minimum absolute atomic E-state index is 0.0335. The van der Waals surface area contributed by atoms with Gasteiger partial charge in [0, 0.05) is 30.6 Å². The summed E-state index contributed by atoms with van der Waals surface area (Å²) in [6.45, 7) is 0. The second kappa shape index (κ2) is 6.37. The number of anilines is 1. The molecule has 1 aromatic carbocycles. The topological polar surface area (TPSA) is 114 Å². The second-order valence-electron chi connectivity index (χ2n) is 5.81. The van der Waals surface area contributed by atoms with Gasteiger partial charge in [-0.25, -0.2) is 14.3 Å². The van der Waals surface area contributed by atoms with Crippen LogP contribution in [0.4, 0.5) is 5.69 Å². The SMILES string of the molecule is Cn1ncc(C(=O)O)c1C(=O)Nc1ccn2nc(-c3ccccc3)nc2c1. The predicted molar refractivity (Wildman–Crippen MR) is 96.5 cm³/mol. The minimum atomic E-state index is -1.21. The first-order valence-electron chi connectivity index (χ1n) is 8.01. The molecule has 0 atom stereocenters. The fraction of sp³-hybridized carbons (Fsp3) is 0.0556. The molecule has 0 radical (unpaired) electrons. The highest BCUT2D eigenvalue weighted by Crippen LogP contribution is 2.18. The molecule has 9 nitrogen and oxygen atoms in total. The largest absolute Gasteiger partial charge is 0.478 e. The molecule has 4 aromatic rings. The molecule has 27 heavy (non-hydrogen) atoms. The van der Waals surface area contributed by atoms with Gasteiger partial charge in [0.15, 0.2) is 11.5 Å². The summed E-state index contributed by atoms with van der Waals surface area (Å²) in [5.41, 5.74) is 1.71. The highest BCUT2D eigenvalue weighted by molar-refractivity contribution is 6.09. The summed E-state index contributed by atoms with van der Waals surface area (Å²) in [5.74, 6) is -1.22. The Bertz CT molecular complexity index is 1160. The van der Waals surface area contributed by atoms with Gasteiger partial charge in [-0.2, -0.15) is 5.10 Å². The molecule has 0 aliphatic carbocycles. The Balaban J connectivity index is 1.64. The third-order valence-corrected chi connectivity index (χ3v) is 4.01. The molecule has 0 fully saturated rings. The highest BCUT2D eigenvalue weighted by atomic mass is 16.4. The first-order valence-corrected chi connectivity index (χ1v) is 8.01. The van der Waals surface area contributed by atoms with Gasteiger partial charge < -0.3 is 10.4 Å². The molecular weight excluding hydrogens is 348 g/mol. The summed E-state index contributed by atoms with van der Waals surface area (Å²) in [6.07, 6.45) is 2.82. The van der Waals surface area contributed by atoms with Crippen LogP contribution < -0.4 is 5.32 Å². The number of hydrogen-bond acceptors (Lipinski definition) is 5. The van der Waals surface area contributed by atoms with Crippen LogP contribution in [0.2, 0.25) is 0 Å². The standard InChI is InChI=1S/C18H14N6O3/c1-23-15(13(10-19-23)18(26)27)17(25)20-12-7-8-24-14(9-12)21-16(22-24)11-5-3-2-4-6-11/h2-10H,1H3,(H,20,25)(H,26,27). The molecular formula is C18H14N6O3. The van der Waals surface area contributed by atoms with Gasteiger partial charge in [0.25, 0.3) is 5.91 Å². The van der Waals surface area contributed by atoms with Crippen molar-refractivity contribution in [2.75, 3.05) is 5.32 Å². The van der Waals surface area contributed by atoms with E-state index in [0.29, 0.717) is 17.2 Å². The maximum atomic E-state index is 12.5. The number of aromatic carboxylic acids is 1. The molecule has 2 N–H and O–H groups in total. The Labute approximate surface area is 152 Å². The zero-order chi connectivity index (χ0) is 19.0. The van der Waals surface area contributed by atoms with Crippen LogP contribution in [0.1, 0.15) is 20.8 Å². The Morgan fingerprint density at radius 2 is 1.93 bits per heavy atom. The summed E-state index contributed by atoms with van der Waals surface area (Å²) in [5, 5.41) is 20.1. The monoisotopic (exact) mass is 362 g/mol. The fourth-order valence-electron chi connectivity index (χ4n) is 2.72. The van der Waals surface area contributed by atoms with Crippen LogP contribution in [0.5, 0.6) is 0 Å². The Morgan fingerprint density at radius 3 is 2.67 bits per heavy atom. The van der Waals surface area contributed by atoms with Crippen LogP contribution >= 0.6 is 0 Å². The van der Waals surface area contributed by atoms with Gasteiger partial charge in [-0.15, -0.1) is 5.10 Å². The quantitative estimate of drug-likeness (QED) is 0.574. The smallest absolute Gasteiger partial charge is 0.339 e. The summed E-state index contributed by atoms with van der Waals surface area (Å²) in [7, 11) is 1.51. The van der Waals surface area contributed by atoms with Crippen LogP contribution in [0.15, 0.2) is 54.9 Å². The number of aryl methyl sites for hydroxylation is 1. The summed E-state index contributed by atoms with van der Waals surface area (Å²) >= 11 is 0. The molecule has 3 aromatic heterocycles. The van der Waals surface area contributed by atoms with Crippen molar-refractivity contribution in [3.8, 4) is 11.4 Å². The molecule has 0 saturated heterocycles. The van der Waals surface area contributed by atoms with E-state index in [0.717, 1.165) is 11.8 Å². The van der Waals surface area contributed by atoms with Crippen LogP contribution in [0.3, 0.4) is 0 Å². The third-order valence-electron chi connectivity index (χ3n) is 4.01. The number of carboxylic acid groups (broad SMARTS) is 1. The number of pyridine rings is 1. The Kier molecular flexibility index (Phi) is 3.88. The molecule has 0 aliphatic rings. The molecule has 0 bridgehead atoms. The van der Waals surface area contributed by atoms with Crippen molar-refractivity contribution < 1.29 is 14.7 Å². The first kappa shape index (κ1) is 16.5. The number of nitrogens with zero attached hydrogens (tertiary/aromatic N) is 5. The lowest BCUT2D eigenvalue weighted by atomic mass is 10.2. The Hall–Kier alpha value is -4.01. The van der Waals surface area contributed by atoms with E-state index < -0.39 is 11.9 Å². The zero-order valence-electron chi connectivity index (χ0n) is 14.2. The lowest BCUT2D eigenvalue weighted by molar-refractivity contribution is 0.0692. The number of benzene rings is 1. The van der Waals surface area contributed by atoms with E-state index in [9.17, 15) is 14.7 Å². The van der Waals surface area contributed by atoms with Gasteiger partial charge in [-0.05, 0) is 6.07 Å². The van der Waals surface area contributed by atoms with E-state index in [1.807, 2.05) is 30.3 Å². The fourth-order valence-corrected chi connectivity index (χ4v) is 2.72. The van der Waals surface area contributed by atoms with Crippen molar-refractivity contribution in [2.45, 2.75) is 0 Å². The number of aromatic nitrogens is 5. The highest BCUT2D eigenvalue weighted by Gasteiger charge is 2.21. The third kappa shape index (κ3) is 3.01. The molecule has 0 spiro atoms. The van der Waals surface area contributed by atoms with Crippen molar-refractivity contribution in [1.82, 2.24) is 24.4 Å². The van der Waals surface area contributed by atoms with Crippen LogP contribution in [-0.4, -0.2) is 41.4 Å². The number of carboxylic acids is 1. The number of nitrogens with one attached hydrogen (secondary N) is 1. The summed E-state index contributed by atoms with van der Waals surface area (Å²) < 4.78 is 2.83. The molecule has 134 valence electrons. The molecule has 9 heteroatoms. The van der Waals surface area contributed by atoms with E-state index in [-0.39, 0.29) is 11.3 Å². The van der Waals surface area contributed by atoms with Gasteiger partial charge in [-0.3, -0.25) is 9.48 Å². The number of hydrogen-bond donors (Lipinski definition) is 2. The maximum Gasteiger partial charge on any atom is 0.339 e. The number of rotatable bonds is 4. The maximum absolute atomic E-state index is 12.5. The molecule has 3 heterocycles. The molecule has 0 saturated carbocycles. The van der Waals surface area contributed by atoms with Crippen LogP contribution in [0, 0.1) is 0 Å². The number of carbonyl (C=O) groups is 2. The van der Waals surface area contributed by atoms with Gasteiger partial charge >= 0.3 is 5.97 Å². The molecule has 4 rings (SSSR count). The van der Waals surface area contributed by atoms with Crippen LogP contribution in [-0.2, 0) is 7.05 Å². The van der Waals surface area contributed by atoms with Crippen molar-refractivity contribution in [2.24, 2.45) is 7.05 Å². The van der Waals surface area contributed by atoms with E-state index in [2.05, 4.69) is 20.5 Å². The lowest BCUT2D eigenvalue weighted by Gasteiger charge is -2.06. The normalized spacial score (nSPS) is 10.9. The number of carbonyl (C=O) groups excluding carboxylic acids is 1. The van der Waals surface area contributed by atoms with Crippen molar-refractivity contribution in [1.29, 1.82) is 0 Å². The summed E-state index contributed by atoms with van der Waals surface area (Å²) in [6, 6.07) is 12.9. The Morgan fingerprint density at radius 1 is 1.15 bits per heavy atom. The predicted octanol–water partition coefficient (Wildman–Crippen LogP) is 2.08. The average molecular weight is 362 g/mol. The first-order chi connectivity index (χ1) is 13.0. The van der Waals surface area contributed by atoms with Crippen LogP contribution in [0.25, 0.3) is 17.0 Å². The summed E-state index contributed by atoms with van der Waals surface area (Å²) in [4.78, 5) is 28.2. The number of amides is 1.